The lowest BCUT2D eigenvalue weighted by atomic mass is 9.99. The van der Waals surface area contributed by atoms with Crippen LogP contribution in [0.1, 0.15) is 141 Å². The third-order valence-electron chi connectivity index (χ3n) is 17.7. The SMILES string of the molecule is CC(C)(C)[Si](C)(C)O[C@H](COC(=O)c1ccccc1)Cc1c[nH]c2ccccc12.CCCCc1ccc(C)c(Cn2cc(C[C@@H](COC(=O)c3ccccc3)O[Si](C)(C)C(C)(C)C)c3ccccc32)c1OCOC.CCCCc1ccc(OCOC)c(CI)c1OCOC. The lowest BCUT2D eigenvalue weighted by Crippen LogP contribution is -2.45. The molecular formula is C77H105IN2O12Si2. The van der Waals surface area contributed by atoms with Crippen LogP contribution in [0.5, 0.6) is 17.2 Å². The third kappa shape index (κ3) is 22.1. The Morgan fingerprint density at radius 2 is 1.00 bits per heavy atom. The molecule has 2 aromatic heterocycles. The Kier molecular flexibility index (Phi) is 30.4. The molecule has 0 unspecified atom stereocenters. The van der Waals surface area contributed by atoms with Crippen molar-refractivity contribution in [3.8, 4) is 17.2 Å². The van der Waals surface area contributed by atoms with Crippen LogP contribution in [0.3, 0.4) is 0 Å². The second-order valence-corrected chi connectivity index (χ2v) is 37.1. The highest BCUT2D eigenvalue weighted by Crippen LogP contribution is 2.41. The second kappa shape index (κ2) is 37.3. The summed E-state index contributed by atoms with van der Waals surface area (Å²) in [4.78, 5) is 28.7. The first-order valence-electron chi connectivity index (χ1n) is 33.0. The zero-order valence-electron chi connectivity index (χ0n) is 58.8. The normalized spacial score (nSPS) is 12.5. The Hall–Kier alpha value is -6.30. The van der Waals surface area contributed by atoms with Crippen LogP contribution in [0, 0.1) is 6.92 Å². The van der Waals surface area contributed by atoms with Gasteiger partial charge in [-0.1, -0.05) is 182 Å². The van der Waals surface area contributed by atoms with Crippen LogP contribution in [0.2, 0.25) is 36.3 Å². The van der Waals surface area contributed by atoms with Crippen molar-refractivity contribution in [3.05, 3.63) is 196 Å². The van der Waals surface area contributed by atoms with Crippen molar-refractivity contribution in [2.24, 2.45) is 0 Å². The number of esters is 2. The number of methoxy groups -OCH3 is 3. The van der Waals surface area contributed by atoms with Gasteiger partial charge in [0.05, 0.1) is 29.9 Å². The number of carbonyl (C=O) groups is 2. The average Bonchev–Trinajstić information content (AvgIpc) is 1.59. The number of nitrogens with zero attached hydrogens (tertiary/aromatic N) is 1. The number of rotatable bonds is 32. The van der Waals surface area contributed by atoms with Crippen molar-refractivity contribution >= 4 is 73.0 Å². The number of halogens is 1. The largest absolute Gasteiger partial charge is 0.467 e. The monoisotopic (exact) mass is 1430 g/mol. The number of carbonyl (C=O) groups excluding carboxylic acids is 2. The van der Waals surface area contributed by atoms with Gasteiger partial charge in [-0.15, -0.1) is 0 Å². The molecule has 14 nitrogen and oxygen atoms in total. The summed E-state index contributed by atoms with van der Waals surface area (Å²) in [5.74, 6) is 1.99. The molecular weight excluding hydrogens is 1330 g/mol. The van der Waals surface area contributed by atoms with E-state index in [-0.39, 0.29) is 67.8 Å². The lowest BCUT2D eigenvalue weighted by Gasteiger charge is -2.39. The van der Waals surface area contributed by atoms with Crippen molar-refractivity contribution in [2.45, 2.75) is 173 Å². The summed E-state index contributed by atoms with van der Waals surface area (Å²) in [6, 6.07) is 43.5. The maximum Gasteiger partial charge on any atom is 0.338 e. The van der Waals surface area contributed by atoms with E-state index < -0.39 is 16.6 Å². The van der Waals surface area contributed by atoms with Crippen LogP contribution >= 0.6 is 22.6 Å². The molecule has 2 heterocycles. The number of aromatic amines is 1. The number of benzene rings is 6. The maximum absolute atomic E-state index is 12.9. The minimum absolute atomic E-state index is 0.0155. The highest BCUT2D eigenvalue weighted by atomic mass is 127. The molecule has 0 aliphatic rings. The van der Waals surface area contributed by atoms with Gasteiger partial charge in [-0.2, -0.15) is 0 Å². The van der Waals surface area contributed by atoms with Crippen LogP contribution < -0.4 is 14.2 Å². The molecule has 6 aromatic carbocycles. The number of aromatic nitrogens is 2. The van der Waals surface area contributed by atoms with Gasteiger partial charge >= 0.3 is 11.9 Å². The fraction of sp³-hybridized carbons (Fsp3) is 0.455. The van der Waals surface area contributed by atoms with Crippen molar-refractivity contribution < 1.29 is 56.3 Å². The van der Waals surface area contributed by atoms with Crippen LogP contribution in [0.4, 0.5) is 0 Å². The number of H-pyrrole nitrogens is 1. The van der Waals surface area contributed by atoms with E-state index in [0.29, 0.717) is 30.5 Å². The fourth-order valence-electron chi connectivity index (χ4n) is 10.4. The van der Waals surface area contributed by atoms with Gasteiger partial charge < -0.3 is 56.3 Å². The molecule has 0 aliphatic carbocycles. The number of unbranched alkanes of at least 4 members (excludes halogenated alkanes) is 2. The predicted molar refractivity (Wildman–Crippen MR) is 394 cm³/mol. The Bertz CT molecular complexity index is 3590. The standard InChI is InChI=1S/C38H51NO5Si.C24H31NO3Si.C15H23IO4/c1-9-10-16-29-22-21-28(2)34(36(29)43-27-41-6)25-39-24-31(33-19-14-15-20-35(33)39)23-32(44-45(7,8)38(3,4)5)26-42-37(40)30-17-12-11-13-18-30;1-24(2,3)29(4,5)28-20(17-27-23(26)18-11-7-6-8-12-18)15-19-16-25-22-14-10-9-13-21(19)22;1-4-5-6-12-7-8-14(19-10-17-2)13(9-16)15(12)20-11-18-3/h11-15,17-22,24,32H,9-10,16,23,25-27H2,1-8H3;6-14,16,20,25H,15,17H2,1-5H3;7-8H,4-6,9-11H2,1-3H3/t32-;20-;/m00./s1. The van der Waals surface area contributed by atoms with Crippen LogP contribution in [0.15, 0.2) is 146 Å². The van der Waals surface area contributed by atoms with Crippen molar-refractivity contribution in [1.29, 1.82) is 0 Å². The summed E-state index contributed by atoms with van der Waals surface area (Å²) in [6.07, 6.45) is 11.6. The van der Waals surface area contributed by atoms with Crippen LogP contribution in [-0.2, 0) is 69.2 Å². The van der Waals surface area contributed by atoms with E-state index in [4.69, 9.17) is 46.7 Å². The highest BCUT2D eigenvalue weighted by molar-refractivity contribution is 14.1. The molecule has 510 valence electrons. The molecule has 0 spiro atoms. The lowest BCUT2D eigenvalue weighted by molar-refractivity contribution is 0.0281. The summed E-state index contributed by atoms with van der Waals surface area (Å²) in [5, 5.41) is 2.46. The molecule has 0 saturated carbocycles. The number of hydrogen-bond donors (Lipinski definition) is 1. The average molecular weight is 1430 g/mol. The minimum Gasteiger partial charge on any atom is -0.467 e. The number of ether oxygens (including phenoxy) is 8. The Balaban J connectivity index is 0.000000244. The summed E-state index contributed by atoms with van der Waals surface area (Å²) in [5.41, 5.74) is 11.6. The number of alkyl halides is 1. The van der Waals surface area contributed by atoms with E-state index in [9.17, 15) is 9.59 Å². The molecule has 0 saturated heterocycles. The van der Waals surface area contributed by atoms with Gasteiger partial charge in [0.15, 0.2) is 37.0 Å². The van der Waals surface area contributed by atoms with Gasteiger partial charge in [-0.25, -0.2) is 9.59 Å². The van der Waals surface area contributed by atoms with E-state index in [0.717, 1.165) is 76.8 Å². The highest BCUT2D eigenvalue weighted by Gasteiger charge is 2.41. The van der Waals surface area contributed by atoms with E-state index in [1.54, 1.807) is 45.6 Å². The van der Waals surface area contributed by atoms with E-state index in [1.807, 2.05) is 60.8 Å². The van der Waals surface area contributed by atoms with Gasteiger partial charge in [-0.3, -0.25) is 0 Å². The molecule has 0 fully saturated rings. The van der Waals surface area contributed by atoms with Crippen LogP contribution in [0.25, 0.3) is 21.8 Å². The summed E-state index contributed by atoms with van der Waals surface area (Å²) in [6.45, 7) is 30.7. The summed E-state index contributed by atoms with van der Waals surface area (Å²) < 4.78 is 61.2. The van der Waals surface area contributed by atoms with E-state index in [1.165, 1.54) is 44.2 Å². The summed E-state index contributed by atoms with van der Waals surface area (Å²) in [7, 11) is 0.709. The first-order valence-corrected chi connectivity index (χ1v) is 40.3. The summed E-state index contributed by atoms with van der Waals surface area (Å²) >= 11 is 2.32. The molecule has 0 bridgehead atoms. The second-order valence-electron chi connectivity index (χ2n) is 26.9. The third-order valence-corrected chi connectivity index (χ3v) is 27.5. The van der Waals surface area contributed by atoms with E-state index in [2.05, 4.69) is 181 Å². The molecule has 94 heavy (non-hydrogen) atoms. The van der Waals surface area contributed by atoms with Crippen LogP contribution in [-0.4, -0.2) is 105 Å². The first-order chi connectivity index (χ1) is 44.9. The molecule has 0 aliphatic heterocycles. The van der Waals surface area contributed by atoms with Crippen molar-refractivity contribution in [3.63, 3.8) is 0 Å². The number of nitrogens with one attached hydrogen (secondary N) is 1. The Labute approximate surface area is 576 Å². The number of aryl methyl sites for hydroxylation is 3. The van der Waals surface area contributed by atoms with Gasteiger partial charge in [0, 0.05) is 83.9 Å². The number of para-hydroxylation sites is 2. The maximum atomic E-state index is 12.9. The van der Waals surface area contributed by atoms with Crippen molar-refractivity contribution in [1.82, 2.24) is 9.55 Å². The zero-order chi connectivity index (χ0) is 68.5. The Morgan fingerprint density at radius 3 is 1.50 bits per heavy atom. The topological polar surface area (TPSA) is 147 Å². The van der Waals surface area contributed by atoms with Gasteiger partial charge in [-0.05, 0) is 139 Å². The fourth-order valence-corrected chi connectivity index (χ4v) is 13.8. The first kappa shape index (κ1) is 76.7. The molecule has 2 atom stereocenters. The van der Waals surface area contributed by atoms with Gasteiger partial charge in [0.2, 0.25) is 0 Å². The molecule has 0 amide bonds. The quantitative estimate of drug-likeness (QED) is 0.0141. The smallest absolute Gasteiger partial charge is 0.338 e. The Morgan fingerprint density at radius 1 is 0.543 bits per heavy atom. The van der Waals surface area contributed by atoms with Crippen molar-refractivity contribution in [2.75, 3.05) is 54.9 Å². The zero-order valence-corrected chi connectivity index (χ0v) is 63.0. The molecule has 17 heteroatoms. The predicted octanol–water partition coefficient (Wildman–Crippen LogP) is 19.0. The molecule has 8 aromatic rings. The van der Waals surface area contributed by atoms with Gasteiger partial charge in [0.25, 0.3) is 0 Å². The molecule has 0 radical (unpaired) electrons. The number of fused-ring (bicyclic) bond motifs is 2. The molecule has 8 rings (SSSR count). The molecule has 1 N–H and O–H groups in total. The number of hydrogen-bond acceptors (Lipinski definition) is 12. The van der Waals surface area contributed by atoms with E-state index >= 15 is 0 Å². The minimum atomic E-state index is -2.17. The van der Waals surface area contributed by atoms with Gasteiger partial charge in [0.1, 0.15) is 30.5 Å².